The molecule has 2 N–H and O–H groups in total. The molecular formula is C14H25F3N2O. The molecule has 0 spiro atoms. The minimum absolute atomic E-state index is 0.187. The summed E-state index contributed by atoms with van der Waals surface area (Å²) in [6, 6.07) is 0. The Morgan fingerprint density at radius 2 is 1.80 bits per heavy atom. The first-order valence-electron chi connectivity index (χ1n) is 7.34. The number of halogens is 3. The van der Waals surface area contributed by atoms with Crippen LogP contribution >= 0.6 is 0 Å². The van der Waals surface area contributed by atoms with Crippen molar-refractivity contribution in [2.75, 3.05) is 19.6 Å². The Morgan fingerprint density at radius 1 is 1.25 bits per heavy atom. The third kappa shape index (κ3) is 4.65. The SMILES string of the molecule is CCC(CC)(CN)C(=O)N(CCC(F)(F)F)CC1CC1. The molecule has 0 aromatic heterocycles. The van der Waals surface area contributed by atoms with Crippen LogP contribution in [0.3, 0.4) is 0 Å². The number of hydrogen-bond donors (Lipinski definition) is 1. The van der Waals surface area contributed by atoms with Gasteiger partial charge in [-0.1, -0.05) is 13.8 Å². The number of rotatable bonds is 8. The van der Waals surface area contributed by atoms with Gasteiger partial charge in [-0.2, -0.15) is 13.2 Å². The Labute approximate surface area is 118 Å². The molecule has 1 aliphatic rings. The zero-order valence-electron chi connectivity index (χ0n) is 12.3. The molecule has 0 bridgehead atoms. The van der Waals surface area contributed by atoms with Crippen LogP contribution in [0.15, 0.2) is 0 Å². The highest BCUT2D eigenvalue weighted by Gasteiger charge is 2.40. The van der Waals surface area contributed by atoms with Crippen LogP contribution in [0.5, 0.6) is 0 Å². The highest BCUT2D eigenvalue weighted by Crippen LogP contribution is 2.34. The minimum Gasteiger partial charge on any atom is -0.342 e. The number of carbonyl (C=O) groups is 1. The molecule has 3 nitrogen and oxygen atoms in total. The molecule has 1 rings (SSSR count). The van der Waals surface area contributed by atoms with Gasteiger partial charge in [0.25, 0.3) is 0 Å². The van der Waals surface area contributed by atoms with Gasteiger partial charge in [-0.3, -0.25) is 4.79 Å². The first-order valence-corrected chi connectivity index (χ1v) is 7.34. The predicted molar refractivity (Wildman–Crippen MR) is 72.0 cm³/mol. The van der Waals surface area contributed by atoms with Crippen molar-refractivity contribution in [2.45, 2.75) is 52.1 Å². The van der Waals surface area contributed by atoms with Crippen molar-refractivity contribution in [3.05, 3.63) is 0 Å². The van der Waals surface area contributed by atoms with Crippen molar-refractivity contribution in [1.82, 2.24) is 4.90 Å². The molecule has 0 aliphatic heterocycles. The molecule has 0 aromatic rings. The van der Waals surface area contributed by atoms with E-state index in [1.165, 1.54) is 4.90 Å². The number of nitrogens with zero attached hydrogens (tertiary/aromatic N) is 1. The molecule has 20 heavy (non-hydrogen) atoms. The lowest BCUT2D eigenvalue weighted by Gasteiger charge is -2.35. The molecule has 0 atom stereocenters. The highest BCUT2D eigenvalue weighted by atomic mass is 19.4. The number of hydrogen-bond acceptors (Lipinski definition) is 2. The molecule has 1 saturated carbocycles. The van der Waals surface area contributed by atoms with Crippen LogP contribution in [0.25, 0.3) is 0 Å². The van der Waals surface area contributed by atoms with E-state index in [1.54, 1.807) is 0 Å². The van der Waals surface area contributed by atoms with Crippen LogP contribution in [0, 0.1) is 11.3 Å². The molecule has 0 unspecified atom stereocenters. The Morgan fingerprint density at radius 3 is 2.15 bits per heavy atom. The summed E-state index contributed by atoms with van der Waals surface area (Å²) >= 11 is 0. The summed E-state index contributed by atoms with van der Waals surface area (Å²) in [5, 5.41) is 0. The van der Waals surface area contributed by atoms with Crippen molar-refractivity contribution < 1.29 is 18.0 Å². The molecule has 0 radical (unpaired) electrons. The van der Waals surface area contributed by atoms with Crippen molar-refractivity contribution in [2.24, 2.45) is 17.1 Å². The van der Waals surface area contributed by atoms with E-state index >= 15 is 0 Å². The van der Waals surface area contributed by atoms with Crippen molar-refractivity contribution in [3.63, 3.8) is 0 Å². The van der Waals surface area contributed by atoms with Crippen LogP contribution < -0.4 is 5.73 Å². The van der Waals surface area contributed by atoms with Gasteiger partial charge in [0.1, 0.15) is 0 Å². The largest absolute Gasteiger partial charge is 0.390 e. The Bertz CT molecular complexity index is 315. The van der Waals surface area contributed by atoms with Crippen molar-refractivity contribution in [1.29, 1.82) is 0 Å². The van der Waals surface area contributed by atoms with Gasteiger partial charge in [0, 0.05) is 19.6 Å². The average Bonchev–Trinajstić information content (AvgIpc) is 3.20. The van der Waals surface area contributed by atoms with Gasteiger partial charge in [-0.25, -0.2) is 0 Å². The maximum Gasteiger partial charge on any atom is 0.390 e. The van der Waals surface area contributed by atoms with E-state index in [1.807, 2.05) is 13.8 Å². The Balaban J connectivity index is 2.76. The lowest BCUT2D eigenvalue weighted by Crippen LogP contribution is -2.49. The lowest BCUT2D eigenvalue weighted by molar-refractivity contribution is -0.152. The van der Waals surface area contributed by atoms with Crippen molar-refractivity contribution >= 4 is 5.91 Å². The average molecular weight is 294 g/mol. The summed E-state index contributed by atoms with van der Waals surface area (Å²) in [5.41, 5.74) is 5.02. The summed E-state index contributed by atoms with van der Waals surface area (Å²) < 4.78 is 37.2. The summed E-state index contributed by atoms with van der Waals surface area (Å²) in [6.07, 6.45) is -2.04. The molecule has 0 saturated heterocycles. The fourth-order valence-corrected chi connectivity index (χ4v) is 2.41. The molecule has 0 heterocycles. The molecule has 1 fully saturated rings. The topological polar surface area (TPSA) is 46.3 Å². The number of nitrogens with two attached hydrogens (primary N) is 1. The summed E-state index contributed by atoms with van der Waals surface area (Å²) in [6.45, 7) is 4.11. The normalized spacial score (nSPS) is 16.3. The standard InChI is InChI=1S/C14H25F3N2O/c1-3-13(4-2,10-18)12(20)19(9-11-5-6-11)8-7-14(15,16)17/h11H,3-10,18H2,1-2H3. The summed E-state index contributed by atoms with van der Waals surface area (Å²) in [7, 11) is 0. The van der Waals surface area contributed by atoms with Gasteiger partial charge in [-0.15, -0.1) is 0 Å². The molecular weight excluding hydrogens is 269 g/mol. The van der Waals surface area contributed by atoms with Crippen molar-refractivity contribution in [3.8, 4) is 0 Å². The van der Waals surface area contributed by atoms with Crippen LogP contribution in [-0.2, 0) is 4.79 Å². The van der Waals surface area contributed by atoms with E-state index in [0.29, 0.717) is 25.3 Å². The van der Waals surface area contributed by atoms with Crippen LogP contribution in [0.2, 0.25) is 0 Å². The maximum absolute atomic E-state index is 12.6. The predicted octanol–water partition coefficient (Wildman–Crippen LogP) is 2.94. The van der Waals surface area contributed by atoms with Crippen LogP contribution in [0.4, 0.5) is 13.2 Å². The first kappa shape index (κ1) is 17.3. The number of alkyl halides is 3. The van der Waals surface area contributed by atoms with Crippen LogP contribution in [-0.4, -0.2) is 36.6 Å². The minimum atomic E-state index is -4.23. The molecule has 1 aliphatic carbocycles. The highest BCUT2D eigenvalue weighted by molar-refractivity contribution is 5.83. The lowest BCUT2D eigenvalue weighted by atomic mass is 9.81. The van der Waals surface area contributed by atoms with E-state index in [4.69, 9.17) is 5.73 Å². The molecule has 1 amide bonds. The molecule has 6 heteroatoms. The van der Waals surface area contributed by atoms with Gasteiger partial charge < -0.3 is 10.6 Å². The third-order valence-corrected chi connectivity index (χ3v) is 4.33. The fraction of sp³-hybridized carbons (Fsp3) is 0.929. The number of amides is 1. The zero-order chi connectivity index (χ0) is 15.4. The van der Waals surface area contributed by atoms with E-state index in [9.17, 15) is 18.0 Å². The van der Waals surface area contributed by atoms with Gasteiger partial charge in [-0.05, 0) is 31.6 Å². The smallest absolute Gasteiger partial charge is 0.342 e. The summed E-state index contributed by atoms with van der Waals surface area (Å²) in [5.74, 6) is 0.164. The Kier molecular flexibility index (Phi) is 5.86. The van der Waals surface area contributed by atoms with Gasteiger partial charge in [0.05, 0.1) is 11.8 Å². The van der Waals surface area contributed by atoms with E-state index in [0.717, 1.165) is 12.8 Å². The van der Waals surface area contributed by atoms with E-state index in [2.05, 4.69) is 0 Å². The second-order valence-electron chi connectivity index (χ2n) is 5.75. The van der Waals surface area contributed by atoms with Gasteiger partial charge in [0.2, 0.25) is 5.91 Å². The fourth-order valence-electron chi connectivity index (χ4n) is 2.41. The zero-order valence-corrected chi connectivity index (χ0v) is 12.3. The molecule has 118 valence electrons. The maximum atomic E-state index is 12.6. The first-order chi connectivity index (χ1) is 9.28. The Hall–Kier alpha value is -0.780. The van der Waals surface area contributed by atoms with Gasteiger partial charge in [0.15, 0.2) is 0 Å². The monoisotopic (exact) mass is 294 g/mol. The third-order valence-electron chi connectivity index (χ3n) is 4.33. The number of carbonyl (C=O) groups excluding carboxylic acids is 1. The van der Waals surface area contributed by atoms with Crippen LogP contribution in [0.1, 0.15) is 46.0 Å². The second kappa shape index (κ2) is 6.78. The van der Waals surface area contributed by atoms with Gasteiger partial charge >= 0.3 is 6.18 Å². The summed E-state index contributed by atoms with van der Waals surface area (Å²) in [4.78, 5) is 14.0. The molecule has 0 aromatic carbocycles. The second-order valence-corrected chi connectivity index (χ2v) is 5.75. The van der Waals surface area contributed by atoms with E-state index < -0.39 is 18.0 Å². The quantitative estimate of drug-likeness (QED) is 0.748. The van der Waals surface area contributed by atoms with E-state index in [-0.39, 0.29) is 19.0 Å².